The van der Waals surface area contributed by atoms with Gasteiger partial charge in [-0.25, -0.2) is 0 Å². The highest BCUT2D eigenvalue weighted by Crippen LogP contribution is 2.16. The third-order valence-corrected chi connectivity index (χ3v) is 2.59. The molecule has 1 aromatic heterocycles. The largest absolute Gasteiger partial charge is 0.261 e. The van der Waals surface area contributed by atoms with Gasteiger partial charge >= 0.3 is 0 Å². The van der Waals surface area contributed by atoms with Crippen LogP contribution in [-0.2, 0) is 6.42 Å². The summed E-state index contributed by atoms with van der Waals surface area (Å²) in [5.41, 5.74) is 2.37. The Morgan fingerprint density at radius 3 is 2.71 bits per heavy atom. The molecule has 1 heterocycles. The number of alkyl halides is 1. The van der Waals surface area contributed by atoms with E-state index >= 15 is 0 Å². The van der Waals surface area contributed by atoms with E-state index in [0.29, 0.717) is 5.92 Å². The third kappa shape index (κ3) is 3.67. The summed E-state index contributed by atoms with van der Waals surface area (Å²) in [5.74, 6) is 0.654. The van der Waals surface area contributed by atoms with Gasteiger partial charge in [-0.3, -0.25) is 4.98 Å². The Morgan fingerprint density at radius 1 is 1.43 bits per heavy atom. The molecular weight excluding hydrogens is 194 g/mol. The van der Waals surface area contributed by atoms with Crippen molar-refractivity contribution in [3.05, 3.63) is 29.6 Å². The zero-order chi connectivity index (χ0) is 10.6. The highest BCUT2D eigenvalue weighted by Gasteiger charge is 2.10. The summed E-state index contributed by atoms with van der Waals surface area (Å²) in [6.45, 7) is 6.47. The summed E-state index contributed by atoms with van der Waals surface area (Å²) in [6.07, 6.45) is 3.77. The molecule has 1 rings (SSSR count). The van der Waals surface area contributed by atoms with Crippen molar-refractivity contribution >= 4 is 11.6 Å². The predicted molar refractivity (Wildman–Crippen MR) is 61.8 cm³/mol. The molecule has 1 aromatic rings. The molecule has 0 fully saturated rings. The van der Waals surface area contributed by atoms with Crippen molar-refractivity contribution in [2.24, 2.45) is 5.92 Å². The Hall–Kier alpha value is -0.560. The first kappa shape index (κ1) is 11.5. The van der Waals surface area contributed by atoms with Crippen LogP contribution in [0.15, 0.2) is 18.3 Å². The molecule has 1 nitrogen and oxygen atoms in total. The molecule has 0 spiro atoms. The average Bonchev–Trinajstić information content (AvgIpc) is 2.07. The molecule has 0 N–H and O–H groups in total. The minimum absolute atomic E-state index is 0.212. The Bertz CT molecular complexity index is 283. The second-order valence-corrected chi connectivity index (χ2v) is 4.82. The van der Waals surface area contributed by atoms with Gasteiger partial charge in [0.2, 0.25) is 0 Å². The lowest BCUT2D eigenvalue weighted by Crippen LogP contribution is -2.09. The van der Waals surface area contributed by atoms with E-state index in [9.17, 15) is 0 Å². The maximum absolute atomic E-state index is 6.24. The van der Waals surface area contributed by atoms with Crippen molar-refractivity contribution < 1.29 is 0 Å². The lowest BCUT2D eigenvalue weighted by Gasteiger charge is -2.12. The van der Waals surface area contributed by atoms with Gasteiger partial charge in [0, 0.05) is 23.7 Å². The minimum atomic E-state index is 0.212. The summed E-state index contributed by atoms with van der Waals surface area (Å²) in [6, 6.07) is 4.05. The van der Waals surface area contributed by atoms with Gasteiger partial charge < -0.3 is 0 Å². The van der Waals surface area contributed by atoms with Crippen molar-refractivity contribution in [1.82, 2.24) is 4.98 Å². The van der Waals surface area contributed by atoms with E-state index in [1.165, 1.54) is 5.56 Å². The molecular formula is C12H18ClN. The van der Waals surface area contributed by atoms with Crippen LogP contribution in [0.25, 0.3) is 0 Å². The second kappa shape index (κ2) is 5.35. The quantitative estimate of drug-likeness (QED) is 0.694. The van der Waals surface area contributed by atoms with E-state index in [1.807, 2.05) is 12.3 Å². The number of hydrogen-bond donors (Lipinski definition) is 0. The standard InChI is InChI=1S/C12H18ClN/c1-9(2)7-11(13)8-12-10(3)5-4-6-14-12/h4-6,9,11H,7-8H2,1-3H3. The van der Waals surface area contributed by atoms with Crippen molar-refractivity contribution in [2.75, 3.05) is 0 Å². The summed E-state index contributed by atoms with van der Waals surface area (Å²) >= 11 is 6.24. The Morgan fingerprint density at radius 2 is 2.14 bits per heavy atom. The maximum atomic E-state index is 6.24. The number of hydrogen-bond acceptors (Lipinski definition) is 1. The van der Waals surface area contributed by atoms with Gasteiger partial charge in [0.25, 0.3) is 0 Å². The van der Waals surface area contributed by atoms with E-state index in [4.69, 9.17) is 11.6 Å². The van der Waals surface area contributed by atoms with E-state index in [2.05, 4.69) is 31.8 Å². The van der Waals surface area contributed by atoms with Gasteiger partial charge in [0.1, 0.15) is 0 Å². The second-order valence-electron chi connectivity index (χ2n) is 4.20. The van der Waals surface area contributed by atoms with Crippen molar-refractivity contribution in [3.63, 3.8) is 0 Å². The number of aryl methyl sites for hydroxylation is 1. The van der Waals surface area contributed by atoms with Crippen LogP contribution < -0.4 is 0 Å². The van der Waals surface area contributed by atoms with Crippen LogP contribution in [0.1, 0.15) is 31.5 Å². The molecule has 0 aliphatic rings. The molecule has 1 unspecified atom stereocenters. The van der Waals surface area contributed by atoms with Crippen molar-refractivity contribution in [2.45, 2.75) is 39.0 Å². The lowest BCUT2D eigenvalue weighted by atomic mass is 10.0. The third-order valence-electron chi connectivity index (χ3n) is 2.26. The number of pyridine rings is 1. The van der Waals surface area contributed by atoms with Crippen LogP contribution in [0, 0.1) is 12.8 Å². The summed E-state index contributed by atoms with van der Waals surface area (Å²) in [4.78, 5) is 4.34. The van der Waals surface area contributed by atoms with E-state index in [-0.39, 0.29) is 5.38 Å². The molecule has 1 atom stereocenters. The minimum Gasteiger partial charge on any atom is -0.261 e. The first-order valence-electron chi connectivity index (χ1n) is 5.14. The number of halogens is 1. The zero-order valence-corrected chi connectivity index (χ0v) is 9.88. The molecule has 14 heavy (non-hydrogen) atoms. The fourth-order valence-electron chi connectivity index (χ4n) is 1.54. The van der Waals surface area contributed by atoms with E-state index in [1.54, 1.807) is 0 Å². The molecule has 0 amide bonds. The Labute approximate surface area is 91.5 Å². The van der Waals surface area contributed by atoms with Crippen LogP contribution in [0.5, 0.6) is 0 Å². The summed E-state index contributed by atoms with van der Waals surface area (Å²) < 4.78 is 0. The van der Waals surface area contributed by atoms with Gasteiger partial charge in [-0.2, -0.15) is 0 Å². The van der Waals surface area contributed by atoms with Crippen LogP contribution >= 0.6 is 11.6 Å². The summed E-state index contributed by atoms with van der Waals surface area (Å²) in [5, 5.41) is 0.212. The molecule has 0 saturated heterocycles. The predicted octanol–water partition coefficient (Wildman–Crippen LogP) is 3.59. The maximum Gasteiger partial charge on any atom is 0.0447 e. The molecule has 0 aliphatic heterocycles. The number of nitrogens with zero attached hydrogens (tertiary/aromatic N) is 1. The topological polar surface area (TPSA) is 12.9 Å². The molecule has 78 valence electrons. The van der Waals surface area contributed by atoms with Crippen LogP contribution in [0.2, 0.25) is 0 Å². The van der Waals surface area contributed by atoms with Gasteiger partial charge in [0.05, 0.1) is 0 Å². The summed E-state index contributed by atoms with van der Waals surface area (Å²) in [7, 11) is 0. The van der Waals surface area contributed by atoms with E-state index < -0.39 is 0 Å². The van der Waals surface area contributed by atoms with Gasteiger partial charge in [-0.1, -0.05) is 19.9 Å². The number of aromatic nitrogens is 1. The molecule has 0 radical (unpaired) electrons. The smallest absolute Gasteiger partial charge is 0.0447 e. The first-order valence-corrected chi connectivity index (χ1v) is 5.57. The number of rotatable bonds is 4. The molecule has 0 aliphatic carbocycles. The zero-order valence-electron chi connectivity index (χ0n) is 9.13. The SMILES string of the molecule is Cc1cccnc1CC(Cl)CC(C)C. The monoisotopic (exact) mass is 211 g/mol. The Kier molecular flexibility index (Phi) is 4.40. The van der Waals surface area contributed by atoms with Gasteiger partial charge in [-0.15, -0.1) is 11.6 Å². The highest BCUT2D eigenvalue weighted by atomic mass is 35.5. The van der Waals surface area contributed by atoms with E-state index in [0.717, 1.165) is 18.5 Å². The Balaban J connectivity index is 2.56. The van der Waals surface area contributed by atoms with Crippen LogP contribution in [-0.4, -0.2) is 10.4 Å². The highest BCUT2D eigenvalue weighted by molar-refractivity contribution is 6.20. The van der Waals surface area contributed by atoms with Crippen molar-refractivity contribution in [3.8, 4) is 0 Å². The van der Waals surface area contributed by atoms with Crippen LogP contribution in [0.3, 0.4) is 0 Å². The van der Waals surface area contributed by atoms with Gasteiger partial charge in [-0.05, 0) is 30.9 Å². The molecule has 0 bridgehead atoms. The fourth-order valence-corrected chi connectivity index (χ4v) is 2.04. The van der Waals surface area contributed by atoms with Crippen molar-refractivity contribution in [1.29, 1.82) is 0 Å². The van der Waals surface area contributed by atoms with Crippen LogP contribution in [0.4, 0.5) is 0 Å². The lowest BCUT2D eigenvalue weighted by molar-refractivity contribution is 0.558. The first-order chi connectivity index (χ1) is 6.59. The average molecular weight is 212 g/mol. The molecule has 2 heteroatoms. The molecule has 0 saturated carbocycles. The molecule has 0 aromatic carbocycles. The normalized spacial score (nSPS) is 13.2. The van der Waals surface area contributed by atoms with Gasteiger partial charge in [0.15, 0.2) is 0 Å². The fraction of sp³-hybridized carbons (Fsp3) is 0.583.